The zero-order chi connectivity index (χ0) is 14.3. The molecule has 6 heteroatoms. The van der Waals surface area contributed by atoms with E-state index in [0.29, 0.717) is 17.5 Å². The second kappa shape index (κ2) is 4.67. The molecule has 1 N–H and O–H groups in total. The molecule has 2 heterocycles. The number of rotatable bonds is 1. The van der Waals surface area contributed by atoms with Crippen LogP contribution in [-0.4, -0.2) is 26.2 Å². The number of nitrogens with zero attached hydrogens (tertiary/aromatic N) is 2. The van der Waals surface area contributed by atoms with Crippen molar-refractivity contribution in [2.45, 2.75) is 6.18 Å². The van der Waals surface area contributed by atoms with Gasteiger partial charge in [0.15, 0.2) is 0 Å². The maximum atomic E-state index is 12.8. The molecular weight excluding hydrogens is 267 g/mol. The summed E-state index contributed by atoms with van der Waals surface area (Å²) in [5.41, 5.74) is -0.445. The van der Waals surface area contributed by atoms with Gasteiger partial charge in [-0.25, -0.2) is 0 Å². The standard InChI is InChI=1S/C14H14F3N3/c15-14(16,17)13-2-1-12(3-9(13)4-18)20-7-10-5-19-6-11(10)8-20/h1-3,10-11,19H,5-8H2/t10-,11+. The van der Waals surface area contributed by atoms with Crippen molar-refractivity contribution in [1.29, 1.82) is 5.26 Å². The van der Waals surface area contributed by atoms with Crippen molar-refractivity contribution in [2.24, 2.45) is 11.8 Å². The molecule has 20 heavy (non-hydrogen) atoms. The van der Waals surface area contributed by atoms with Crippen molar-refractivity contribution < 1.29 is 13.2 Å². The second-order valence-electron chi connectivity index (χ2n) is 5.42. The number of benzene rings is 1. The van der Waals surface area contributed by atoms with E-state index in [0.717, 1.165) is 32.2 Å². The summed E-state index contributed by atoms with van der Waals surface area (Å²) >= 11 is 0. The third-order valence-electron chi connectivity index (χ3n) is 4.18. The quantitative estimate of drug-likeness (QED) is 0.858. The molecule has 3 nitrogen and oxygen atoms in total. The molecule has 3 rings (SSSR count). The maximum Gasteiger partial charge on any atom is 0.417 e. The SMILES string of the molecule is N#Cc1cc(N2C[C@H]3CNC[C@H]3C2)ccc1C(F)(F)F. The molecule has 0 aromatic heterocycles. The molecule has 1 aromatic carbocycles. The van der Waals surface area contributed by atoms with Gasteiger partial charge < -0.3 is 10.2 Å². The first-order valence-corrected chi connectivity index (χ1v) is 6.56. The van der Waals surface area contributed by atoms with E-state index in [4.69, 9.17) is 5.26 Å². The zero-order valence-corrected chi connectivity index (χ0v) is 10.7. The summed E-state index contributed by atoms with van der Waals surface area (Å²) in [4.78, 5) is 2.08. The summed E-state index contributed by atoms with van der Waals surface area (Å²) in [5.74, 6) is 1.12. The van der Waals surface area contributed by atoms with E-state index < -0.39 is 11.7 Å². The summed E-state index contributed by atoms with van der Waals surface area (Å²) in [6.07, 6.45) is -4.48. The van der Waals surface area contributed by atoms with Gasteiger partial charge in [-0.15, -0.1) is 0 Å². The normalized spacial score (nSPS) is 25.6. The molecule has 0 aliphatic carbocycles. The van der Waals surface area contributed by atoms with Crippen LogP contribution in [0.25, 0.3) is 0 Å². The van der Waals surface area contributed by atoms with Crippen LogP contribution in [0.4, 0.5) is 18.9 Å². The Morgan fingerprint density at radius 2 is 1.85 bits per heavy atom. The highest BCUT2D eigenvalue weighted by Gasteiger charge is 2.37. The first-order valence-electron chi connectivity index (χ1n) is 6.56. The van der Waals surface area contributed by atoms with E-state index in [1.807, 2.05) is 0 Å². The Bertz CT molecular complexity index is 550. The summed E-state index contributed by atoms with van der Waals surface area (Å²) in [6.45, 7) is 3.61. The van der Waals surface area contributed by atoms with Gasteiger partial charge in [0.1, 0.15) is 0 Å². The van der Waals surface area contributed by atoms with Crippen LogP contribution in [-0.2, 0) is 6.18 Å². The molecule has 0 saturated carbocycles. The molecule has 0 amide bonds. The largest absolute Gasteiger partial charge is 0.417 e. The van der Waals surface area contributed by atoms with Gasteiger partial charge in [0.2, 0.25) is 0 Å². The van der Waals surface area contributed by atoms with Crippen molar-refractivity contribution in [3.8, 4) is 6.07 Å². The van der Waals surface area contributed by atoms with Crippen molar-refractivity contribution in [2.75, 3.05) is 31.1 Å². The number of nitriles is 1. The third kappa shape index (κ3) is 2.22. The summed E-state index contributed by atoms with van der Waals surface area (Å²) < 4.78 is 38.3. The minimum atomic E-state index is -4.48. The molecule has 2 atom stereocenters. The molecule has 2 saturated heterocycles. The van der Waals surface area contributed by atoms with Gasteiger partial charge in [0.25, 0.3) is 0 Å². The van der Waals surface area contributed by atoms with Crippen molar-refractivity contribution >= 4 is 5.69 Å². The number of halogens is 3. The number of alkyl halides is 3. The fourth-order valence-electron chi connectivity index (χ4n) is 3.13. The van der Waals surface area contributed by atoms with Crippen molar-refractivity contribution in [1.82, 2.24) is 5.32 Å². The van der Waals surface area contributed by atoms with Crippen LogP contribution in [0.15, 0.2) is 18.2 Å². The van der Waals surface area contributed by atoms with Crippen LogP contribution in [0.1, 0.15) is 11.1 Å². The minimum Gasteiger partial charge on any atom is -0.371 e. The lowest BCUT2D eigenvalue weighted by molar-refractivity contribution is -0.137. The van der Waals surface area contributed by atoms with Crippen LogP contribution >= 0.6 is 0 Å². The van der Waals surface area contributed by atoms with E-state index in [2.05, 4.69) is 10.2 Å². The van der Waals surface area contributed by atoms with Crippen LogP contribution < -0.4 is 10.2 Å². The Labute approximate surface area is 115 Å². The van der Waals surface area contributed by atoms with Gasteiger partial charge >= 0.3 is 6.18 Å². The first-order chi connectivity index (χ1) is 9.49. The van der Waals surface area contributed by atoms with Gasteiger partial charge in [0, 0.05) is 31.9 Å². The Balaban J connectivity index is 1.87. The van der Waals surface area contributed by atoms with E-state index >= 15 is 0 Å². The van der Waals surface area contributed by atoms with Gasteiger partial charge in [0.05, 0.1) is 17.2 Å². The molecule has 2 aliphatic heterocycles. The van der Waals surface area contributed by atoms with Gasteiger partial charge in [-0.1, -0.05) is 0 Å². The number of hydrogen-bond acceptors (Lipinski definition) is 3. The fraction of sp³-hybridized carbons (Fsp3) is 0.500. The lowest BCUT2D eigenvalue weighted by atomic mass is 10.0. The summed E-state index contributed by atoms with van der Waals surface area (Å²) in [6, 6.07) is 5.50. The topological polar surface area (TPSA) is 39.1 Å². The van der Waals surface area contributed by atoms with Crippen LogP contribution in [0, 0.1) is 23.2 Å². The average Bonchev–Trinajstić information content (AvgIpc) is 2.97. The number of nitrogens with one attached hydrogen (secondary N) is 1. The van der Waals surface area contributed by atoms with Crippen molar-refractivity contribution in [3.05, 3.63) is 29.3 Å². The average molecular weight is 281 g/mol. The van der Waals surface area contributed by atoms with Gasteiger partial charge in [-0.2, -0.15) is 18.4 Å². The lowest BCUT2D eigenvalue weighted by Crippen LogP contribution is -2.25. The molecular formula is C14H14F3N3. The third-order valence-corrected chi connectivity index (χ3v) is 4.18. The van der Waals surface area contributed by atoms with E-state index in [1.54, 1.807) is 6.07 Å². The van der Waals surface area contributed by atoms with Crippen LogP contribution in [0.2, 0.25) is 0 Å². The van der Waals surface area contributed by atoms with E-state index in [9.17, 15) is 13.2 Å². The van der Waals surface area contributed by atoms with Gasteiger partial charge in [-0.05, 0) is 30.0 Å². The maximum absolute atomic E-state index is 12.8. The molecule has 2 fully saturated rings. The first kappa shape index (κ1) is 13.3. The second-order valence-corrected chi connectivity index (χ2v) is 5.42. The minimum absolute atomic E-state index is 0.301. The zero-order valence-electron chi connectivity index (χ0n) is 10.7. The van der Waals surface area contributed by atoms with Crippen LogP contribution in [0.3, 0.4) is 0 Å². The van der Waals surface area contributed by atoms with Gasteiger partial charge in [-0.3, -0.25) is 0 Å². The van der Waals surface area contributed by atoms with Crippen LogP contribution in [0.5, 0.6) is 0 Å². The highest BCUT2D eigenvalue weighted by atomic mass is 19.4. The van der Waals surface area contributed by atoms with E-state index in [-0.39, 0.29) is 5.56 Å². The molecule has 1 aromatic rings. The van der Waals surface area contributed by atoms with E-state index in [1.165, 1.54) is 12.1 Å². The number of fused-ring (bicyclic) bond motifs is 1. The highest BCUT2D eigenvalue weighted by Crippen LogP contribution is 2.36. The molecule has 106 valence electrons. The summed E-state index contributed by atoms with van der Waals surface area (Å²) in [5, 5.41) is 12.3. The predicted molar refractivity (Wildman–Crippen MR) is 68.2 cm³/mol. The predicted octanol–water partition coefficient (Wildman–Crippen LogP) is 2.23. The Morgan fingerprint density at radius 3 is 2.40 bits per heavy atom. The Kier molecular flexibility index (Phi) is 3.09. The molecule has 0 bridgehead atoms. The Hall–Kier alpha value is -1.74. The highest BCUT2D eigenvalue weighted by molar-refractivity contribution is 5.56. The fourth-order valence-corrected chi connectivity index (χ4v) is 3.13. The lowest BCUT2D eigenvalue weighted by Gasteiger charge is -2.21. The molecule has 0 unspecified atom stereocenters. The number of anilines is 1. The van der Waals surface area contributed by atoms with Crippen molar-refractivity contribution in [3.63, 3.8) is 0 Å². The molecule has 0 radical (unpaired) electrons. The summed E-state index contributed by atoms with van der Waals surface area (Å²) in [7, 11) is 0. The molecule has 0 spiro atoms. The molecule has 2 aliphatic rings. The number of hydrogen-bond donors (Lipinski definition) is 1. The monoisotopic (exact) mass is 281 g/mol. The smallest absolute Gasteiger partial charge is 0.371 e. The Morgan fingerprint density at radius 1 is 1.20 bits per heavy atom.